The molecule has 0 saturated heterocycles. The molecular weight excluding hydrogens is 367 g/mol. The zero-order chi connectivity index (χ0) is 18.5. The van der Waals surface area contributed by atoms with Gasteiger partial charge in [-0.25, -0.2) is 0 Å². The van der Waals surface area contributed by atoms with E-state index < -0.39 is 32.3 Å². The number of nitrogen functional groups attached to an aromatic ring is 1. The first-order valence-electron chi connectivity index (χ1n) is 7.52. The van der Waals surface area contributed by atoms with E-state index in [0.29, 0.717) is 0 Å². The van der Waals surface area contributed by atoms with Gasteiger partial charge in [0.2, 0.25) is 0 Å². The molecule has 0 radical (unpaired) electrons. The molecule has 2 aromatic rings. The van der Waals surface area contributed by atoms with E-state index >= 15 is 0 Å². The average Bonchev–Trinajstić information content (AvgIpc) is 2.52. The standard InChI is InChI=1S/C17H16N2O5S.Na.H/c1-8(2)19-11-7-12(25(22,23)24)15(18)14-13(11)16(20)9-5-3-4-6-10(9)17(14)21;;/h3-8,19H,18H2,1-2H3,(H,22,23,24);;. The van der Waals surface area contributed by atoms with E-state index in [0.717, 1.165) is 6.07 Å². The molecular formula is C17H17N2NaO5S. The minimum atomic E-state index is -4.67. The van der Waals surface area contributed by atoms with Gasteiger partial charge in [0, 0.05) is 22.9 Å². The van der Waals surface area contributed by atoms with E-state index in [4.69, 9.17) is 5.73 Å². The Morgan fingerprint density at radius 2 is 1.54 bits per heavy atom. The van der Waals surface area contributed by atoms with Gasteiger partial charge >= 0.3 is 29.6 Å². The number of carbonyl (C=O) groups excluding carboxylic acids is 2. The summed E-state index contributed by atoms with van der Waals surface area (Å²) in [4.78, 5) is 25.2. The molecule has 0 spiro atoms. The van der Waals surface area contributed by atoms with E-state index in [1.54, 1.807) is 26.0 Å². The van der Waals surface area contributed by atoms with Crippen LogP contribution in [-0.2, 0) is 10.1 Å². The van der Waals surface area contributed by atoms with E-state index in [2.05, 4.69) is 5.32 Å². The van der Waals surface area contributed by atoms with Crippen molar-refractivity contribution in [2.24, 2.45) is 0 Å². The van der Waals surface area contributed by atoms with Crippen molar-refractivity contribution in [3.05, 3.63) is 52.6 Å². The number of ketones is 2. The maximum absolute atomic E-state index is 12.9. The molecule has 1 aliphatic rings. The van der Waals surface area contributed by atoms with Gasteiger partial charge in [0.1, 0.15) is 4.90 Å². The number of hydrogen-bond donors (Lipinski definition) is 3. The molecule has 2 aromatic carbocycles. The summed E-state index contributed by atoms with van der Waals surface area (Å²) in [5, 5.41) is 2.95. The zero-order valence-corrected chi connectivity index (χ0v) is 14.3. The van der Waals surface area contributed by atoms with Crippen LogP contribution in [0.25, 0.3) is 0 Å². The van der Waals surface area contributed by atoms with Crippen molar-refractivity contribution in [2.45, 2.75) is 24.8 Å². The fourth-order valence-electron chi connectivity index (χ4n) is 2.93. The Labute approximate surface area is 173 Å². The van der Waals surface area contributed by atoms with Crippen LogP contribution in [0.2, 0.25) is 0 Å². The summed E-state index contributed by atoms with van der Waals surface area (Å²) in [6.45, 7) is 3.58. The predicted molar refractivity (Wildman–Crippen MR) is 99.9 cm³/mol. The van der Waals surface area contributed by atoms with Gasteiger partial charge in [-0.2, -0.15) is 8.42 Å². The quantitative estimate of drug-likeness (QED) is 0.354. The maximum atomic E-state index is 12.9. The Balaban J connectivity index is 0.00000243. The third kappa shape index (κ3) is 3.30. The van der Waals surface area contributed by atoms with E-state index in [1.165, 1.54) is 12.1 Å². The molecule has 0 amide bonds. The Kier molecular flexibility index (Phi) is 5.65. The van der Waals surface area contributed by atoms with Gasteiger partial charge in [-0.15, -0.1) is 0 Å². The first-order chi connectivity index (χ1) is 11.6. The molecule has 3 rings (SSSR count). The summed E-state index contributed by atoms with van der Waals surface area (Å²) in [7, 11) is -4.67. The van der Waals surface area contributed by atoms with Gasteiger partial charge in [-0.1, -0.05) is 24.3 Å². The summed E-state index contributed by atoms with van der Waals surface area (Å²) < 4.78 is 32.8. The topological polar surface area (TPSA) is 127 Å². The summed E-state index contributed by atoms with van der Waals surface area (Å²) >= 11 is 0. The van der Waals surface area contributed by atoms with Crippen molar-refractivity contribution in [1.29, 1.82) is 0 Å². The number of benzene rings is 2. The zero-order valence-electron chi connectivity index (χ0n) is 13.5. The molecule has 0 unspecified atom stereocenters. The molecule has 26 heavy (non-hydrogen) atoms. The molecule has 0 saturated carbocycles. The number of nitrogens with one attached hydrogen (secondary N) is 1. The number of rotatable bonds is 3. The predicted octanol–water partition coefficient (Wildman–Crippen LogP) is 1.46. The summed E-state index contributed by atoms with van der Waals surface area (Å²) in [6.07, 6.45) is 0. The monoisotopic (exact) mass is 384 g/mol. The van der Waals surface area contributed by atoms with Crippen LogP contribution in [0.5, 0.6) is 0 Å². The Bertz CT molecular complexity index is 1030. The van der Waals surface area contributed by atoms with Crippen LogP contribution in [0.3, 0.4) is 0 Å². The molecule has 0 bridgehead atoms. The number of anilines is 2. The average molecular weight is 384 g/mol. The third-order valence-electron chi connectivity index (χ3n) is 3.92. The Morgan fingerprint density at radius 3 is 2.00 bits per heavy atom. The van der Waals surface area contributed by atoms with Crippen LogP contribution in [0, 0.1) is 0 Å². The van der Waals surface area contributed by atoms with Crippen molar-refractivity contribution in [3.8, 4) is 0 Å². The molecule has 7 nitrogen and oxygen atoms in total. The van der Waals surface area contributed by atoms with Crippen LogP contribution < -0.4 is 11.1 Å². The molecule has 0 aliphatic heterocycles. The van der Waals surface area contributed by atoms with Crippen molar-refractivity contribution >= 4 is 62.6 Å². The molecule has 1 aliphatic carbocycles. The van der Waals surface area contributed by atoms with Gasteiger partial charge < -0.3 is 11.1 Å². The Hall–Kier alpha value is -1.71. The van der Waals surface area contributed by atoms with Crippen LogP contribution in [-0.4, -0.2) is 60.1 Å². The molecule has 4 N–H and O–H groups in total. The van der Waals surface area contributed by atoms with Gasteiger partial charge in [-0.05, 0) is 19.9 Å². The van der Waals surface area contributed by atoms with Gasteiger partial charge in [0.15, 0.2) is 11.6 Å². The number of carbonyl (C=O) groups is 2. The fraction of sp³-hybridized carbons (Fsp3) is 0.176. The van der Waals surface area contributed by atoms with E-state index in [-0.39, 0.29) is 63.5 Å². The number of nitrogens with two attached hydrogens (primary N) is 1. The van der Waals surface area contributed by atoms with Crippen LogP contribution in [0.15, 0.2) is 35.2 Å². The van der Waals surface area contributed by atoms with Crippen molar-refractivity contribution < 1.29 is 22.6 Å². The molecule has 132 valence electrons. The molecule has 0 heterocycles. The molecule has 9 heteroatoms. The van der Waals surface area contributed by atoms with E-state index in [9.17, 15) is 22.6 Å². The summed E-state index contributed by atoms with van der Waals surface area (Å²) in [5.74, 6) is -0.984. The third-order valence-corrected chi connectivity index (χ3v) is 4.82. The normalized spacial score (nSPS) is 13.1. The second-order valence-corrected chi connectivity index (χ2v) is 7.45. The second-order valence-electron chi connectivity index (χ2n) is 6.06. The summed E-state index contributed by atoms with van der Waals surface area (Å²) in [6, 6.07) is 7.19. The molecule has 0 aromatic heterocycles. The number of fused-ring (bicyclic) bond motifs is 2. The second kappa shape index (κ2) is 7.13. The van der Waals surface area contributed by atoms with Crippen LogP contribution in [0.1, 0.15) is 45.7 Å². The molecule has 0 atom stereocenters. The number of hydrogen-bond acceptors (Lipinski definition) is 6. The van der Waals surface area contributed by atoms with Crippen LogP contribution >= 0.6 is 0 Å². The Morgan fingerprint density at radius 1 is 1.04 bits per heavy atom. The van der Waals surface area contributed by atoms with Crippen molar-refractivity contribution in [2.75, 3.05) is 11.1 Å². The van der Waals surface area contributed by atoms with Crippen LogP contribution in [0.4, 0.5) is 11.4 Å². The fourth-order valence-corrected chi connectivity index (χ4v) is 3.58. The van der Waals surface area contributed by atoms with Crippen molar-refractivity contribution in [1.82, 2.24) is 0 Å². The van der Waals surface area contributed by atoms with E-state index in [1.807, 2.05) is 0 Å². The van der Waals surface area contributed by atoms with Gasteiger partial charge in [0.25, 0.3) is 10.1 Å². The SMILES string of the molecule is CC(C)Nc1cc(S(=O)(=O)O)c(N)c2c1C(=O)c1ccccc1C2=O.[NaH]. The minimum absolute atomic E-state index is 0. The van der Waals surface area contributed by atoms with Gasteiger partial charge in [0.05, 0.1) is 16.8 Å². The summed E-state index contributed by atoms with van der Waals surface area (Å²) in [5.41, 5.74) is 5.75. The molecule has 0 fully saturated rings. The van der Waals surface area contributed by atoms with Gasteiger partial charge in [-0.3, -0.25) is 14.1 Å². The first-order valence-corrected chi connectivity index (χ1v) is 8.96. The first kappa shape index (κ1) is 20.6. The van der Waals surface area contributed by atoms with Crippen molar-refractivity contribution in [3.63, 3.8) is 0 Å².